The largest absolute Gasteiger partial charge is 0.480 e. The van der Waals surface area contributed by atoms with Gasteiger partial charge in [-0.15, -0.1) is 0 Å². The number of carbonyl (C=O) groups is 4. The molecular formula is C33H41ClFN3O6. The predicted octanol–water partition coefficient (Wildman–Crippen LogP) is 5.66. The van der Waals surface area contributed by atoms with Gasteiger partial charge in [-0.05, 0) is 60.6 Å². The molecule has 0 radical (unpaired) electrons. The number of amides is 3. The Morgan fingerprint density at radius 3 is 2.34 bits per heavy atom. The van der Waals surface area contributed by atoms with Crippen LogP contribution in [0.4, 0.5) is 9.18 Å². The van der Waals surface area contributed by atoms with Gasteiger partial charge in [-0.25, -0.2) is 14.0 Å². The quantitative estimate of drug-likeness (QED) is 0.239. The Morgan fingerprint density at radius 2 is 1.73 bits per heavy atom. The number of halogens is 2. The fourth-order valence-electron chi connectivity index (χ4n) is 6.23. The smallest absolute Gasteiger partial charge is 0.408 e. The van der Waals surface area contributed by atoms with Gasteiger partial charge in [-0.3, -0.25) is 9.59 Å². The SMILES string of the molecule is CC(C)(c1cccc(Cl)c1)C(OC(=O)N[C@@H](CC1CCCCC1)C(=O)N[C@@H](CC1CCNC1=O)C(=O)O)c1ccc(F)cc1. The van der Waals surface area contributed by atoms with Crippen molar-refractivity contribution < 1.29 is 33.4 Å². The van der Waals surface area contributed by atoms with Crippen molar-refractivity contribution in [3.8, 4) is 0 Å². The third-order valence-corrected chi connectivity index (χ3v) is 9.06. The molecule has 0 spiro atoms. The van der Waals surface area contributed by atoms with E-state index in [-0.39, 0.29) is 18.2 Å². The van der Waals surface area contributed by atoms with Gasteiger partial charge in [-0.2, -0.15) is 0 Å². The van der Waals surface area contributed by atoms with Crippen molar-refractivity contribution >= 4 is 35.5 Å². The Bertz CT molecular complexity index is 1330. The second-order valence-corrected chi connectivity index (χ2v) is 12.9. The second-order valence-electron chi connectivity index (χ2n) is 12.4. The summed E-state index contributed by atoms with van der Waals surface area (Å²) >= 11 is 6.27. The van der Waals surface area contributed by atoms with Crippen LogP contribution in [0, 0.1) is 17.7 Å². The van der Waals surface area contributed by atoms with Gasteiger partial charge in [0.05, 0.1) is 0 Å². The number of alkyl carbamates (subject to hydrolysis) is 1. The van der Waals surface area contributed by atoms with Gasteiger partial charge in [0.1, 0.15) is 24.0 Å². The highest BCUT2D eigenvalue weighted by atomic mass is 35.5. The molecule has 0 aromatic heterocycles. The van der Waals surface area contributed by atoms with E-state index in [1.54, 1.807) is 30.3 Å². The monoisotopic (exact) mass is 629 g/mol. The van der Waals surface area contributed by atoms with E-state index < -0.39 is 53.3 Å². The molecule has 2 aromatic carbocycles. The molecule has 1 saturated heterocycles. The lowest BCUT2D eigenvalue weighted by molar-refractivity contribution is -0.143. The first-order valence-electron chi connectivity index (χ1n) is 15.2. The van der Waals surface area contributed by atoms with Crippen molar-refractivity contribution in [1.29, 1.82) is 0 Å². The molecule has 1 aliphatic heterocycles. The minimum absolute atomic E-state index is 0.0477. The number of ether oxygens (including phenoxy) is 1. The molecule has 0 bridgehead atoms. The maximum absolute atomic E-state index is 13.8. The molecule has 1 aliphatic carbocycles. The number of hydrogen-bond donors (Lipinski definition) is 4. The van der Waals surface area contributed by atoms with Gasteiger partial charge >= 0.3 is 12.1 Å². The van der Waals surface area contributed by atoms with Crippen LogP contribution >= 0.6 is 11.6 Å². The standard InChI is InChI=1S/C33H41ClFN3O6/c1-33(2,23-9-6-10-24(34)19-23)28(21-11-13-25(35)14-12-21)44-32(43)38-26(17-20-7-4-3-5-8-20)30(40)37-27(31(41)42)18-22-15-16-36-29(22)39/h6,9-14,19-20,22,26-28H,3-5,7-8,15-18H2,1-2H3,(H,36,39)(H,37,40)(H,38,43)(H,41,42)/t22?,26-,27-,28?/m0/s1. The lowest BCUT2D eigenvalue weighted by Gasteiger charge is -2.35. The van der Waals surface area contributed by atoms with Crippen LogP contribution in [0.25, 0.3) is 0 Å². The molecule has 4 atom stereocenters. The van der Waals surface area contributed by atoms with Gasteiger partial charge in [0.15, 0.2) is 0 Å². The number of nitrogens with one attached hydrogen (secondary N) is 3. The first kappa shape index (κ1) is 33.2. The highest BCUT2D eigenvalue weighted by Crippen LogP contribution is 2.40. The van der Waals surface area contributed by atoms with Crippen LogP contribution in [-0.2, 0) is 24.5 Å². The zero-order valence-corrected chi connectivity index (χ0v) is 25.9. The Hall–Kier alpha value is -3.66. The fraction of sp³-hybridized carbons (Fsp3) is 0.515. The van der Waals surface area contributed by atoms with E-state index in [0.717, 1.165) is 37.7 Å². The van der Waals surface area contributed by atoms with E-state index in [1.165, 1.54) is 12.1 Å². The van der Waals surface area contributed by atoms with Gasteiger partial charge in [0.2, 0.25) is 11.8 Å². The highest BCUT2D eigenvalue weighted by molar-refractivity contribution is 6.30. The van der Waals surface area contributed by atoms with Gasteiger partial charge in [-0.1, -0.05) is 81.8 Å². The third kappa shape index (κ3) is 8.71. The average molecular weight is 630 g/mol. The minimum atomic E-state index is -1.29. The number of carboxylic acids is 1. The molecule has 1 heterocycles. The number of carbonyl (C=O) groups excluding carboxylic acids is 3. The molecule has 4 rings (SSSR count). The molecule has 2 aromatic rings. The van der Waals surface area contributed by atoms with Crippen LogP contribution in [-0.4, -0.2) is 47.6 Å². The van der Waals surface area contributed by atoms with E-state index >= 15 is 0 Å². The average Bonchev–Trinajstić information content (AvgIpc) is 3.40. The molecule has 2 aliphatic rings. The zero-order chi connectivity index (χ0) is 31.9. The second kappa shape index (κ2) is 14.9. The molecule has 9 nitrogen and oxygen atoms in total. The third-order valence-electron chi connectivity index (χ3n) is 8.82. The summed E-state index contributed by atoms with van der Waals surface area (Å²) in [7, 11) is 0. The number of benzene rings is 2. The number of hydrogen-bond acceptors (Lipinski definition) is 5. The first-order valence-corrected chi connectivity index (χ1v) is 15.6. The van der Waals surface area contributed by atoms with Crippen LogP contribution in [0.5, 0.6) is 0 Å². The van der Waals surface area contributed by atoms with E-state index in [0.29, 0.717) is 30.0 Å². The van der Waals surface area contributed by atoms with Crippen molar-refractivity contribution in [1.82, 2.24) is 16.0 Å². The molecule has 2 unspecified atom stereocenters. The minimum Gasteiger partial charge on any atom is -0.480 e. The molecule has 1 saturated carbocycles. The fourth-order valence-corrected chi connectivity index (χ4v) is 6.42. The van der Waals surface area contributed by atoms with Crippen LogP contribution in [0.1, 0.15) is 82.4 Å². The van der Waals surface area contributed by atoms with Crippen molar-refractivity contribution in [2.45, 2.75) is 88.8 Å². The molecule has 2 fully saturated rings. The maximum atomic E-state index is 13.8. The summed E-state index contributed by atoms with van der Waals surface area (Å²) in [5.41, 5.74) is 0.502. The number of rotatable bonds is 12. The molecule has 4 N–H and O–H groups in total. The Labute approximate surface area is 262 Å². The Kier molecular flexibility index (Phi) is 11.2. The lowest BCUT2D eigenvalue weighted by Crippen LogP contribution is -2.53. The van der Waals surface area contributed by atoms with Gasteiger partial charge < -0.3 is 25.8 Å². The van der Waals surface area contributed by atoms with Crippen LogP contribution in [0.2, 0.25) is 5.02 Å². The van der Waals surface area contributed by atoms with Crippen LogP contribution in [0.3, 0.4) is 0 Å². The molecule has 238 valence electrons. The summed E-state index contributed by atoms with van der Waals surface area (Å²) in [6, 6.07) is 10.5. The van der Waals surface area contributed by atoms with E-state index in [1.807, 2.05) is 19.9 Å². The molecule has 3 amide bonds. The van der Waals surface area contributed by atoms with Crippen molar-refractivity contribution in [3.63, 3.8) is 0 Å². The van der Waals surface area contributed by atoms with Crippen molar-refractivity contribution in [2.75, 3.05) is 6.54 Å². The predicted molar refractivity (Wildman–Crippen MR) is 164 cm³/mol. The molecule has 11 heteroatoms. The molecular weight excluding hydrogens is 589 g/mol. The van der Waals surface area contributed by atoms with Crippen LogP contribution in [0.15, 0.2) is 48.5 Å². The highest BCUT2D eigenvalue weighted by Gasteiger charge is 2.38. The Morgan fingerprint density at radius 1 is 1.02 bits per heavy atom. The Balaban J connectivity index is 1.55. The van der Waals surface area contributed by atoms with E-state index in [4.69, 9.17) is 16.3 Å². The summed E-state index contributed by atoms with van der Waals surface area (Å²) < 4.78 is 19.8. The summed E-state index contributed by atoms with van der Waals surface area (Å²) in [5.74, 6) is -2.93. The van der Waals surface area contributed by atoms with E-state index in [9.17, 15) is 28.7 Å². The zero-order valence-electron chi connectivity index (χ0n) is 25.1. The normalized spacial score (nSPS) is 19.4. The van der Waals surface area contributed by atoms with Crippen molar-refractivity contribution in [2.24, 2.45) is 11.8 Å². The topological polar surface area (TPSA) is 134 Å². The van der Waals surface area contributed by atoms with Crippen molar-refractivity contribution in [3.05, 3.63) is 70.5 Å². The summed E-state index contributed by atoms with van der Waals surface area (Å²) in [6.45, 7) is 4.22. The maximum Gasteiger partial charge on any atom is 0.408 e. The van der Waals surface area contributed by atoms with E-state index in [2.05, 4.69) is 16.0 Å². The first-order chi connectivity index (χ1) is 20.9. The summed E-state index contributed by atoms with van der Waals surface area (Å²) in [5, 5.41) is 18.3. The van der Waals surface area contributed by atoms with Gasteiger partial charge in [0.25, 0.3) is 0 Å². The van der Waals surface area contributed by atoms with Crippen LogP contribution < -0.4 is 16.0 Å². The number of aliphatic carboxylic acids is 1. The summed E-state index contributed by atoms with van der Waals surface area (Å²) in [4.78, 5) is 51.3. The summed E-state index contributed by atoms with van der Waals surface area (Å²) in [6.07, 6.45) is 3.91. The van der Waals surface area contributed by atoms with Gasteiger partial charge in [0, 0.05) is 22.9 Å². The molecule has 44 heavy (non-hydrogen) atoms. The lowest BCUT2D eigenvalue weighted by atomic mass is 9.76. The number of carboxylic acid groups (broad SMARTS) is 1.